The highest BCUT2D eigenvalue weighted by Gasteiger charge is 2.54. The molecule has 43 heavy (non-hydrogen) atoms. The van der Waals surface area contributed by atoms with Gasteiger partial charge in [-0.2, -0.15) is 0 Å². The predicted molar refractivity (Wildman–Crippen MR) is 149 cm³/mol. The number of carbonyl (C=O) groups is 2. The van der Waals surface area contributed by atoms with E-state index in [4.69, 9.17) is 28.3 Å². The first kappa shape index (κ1) is 40.0. The van der Waals surface area contributed by atoms with Gasteiger partial charge in [0.2, 0.25) is 0 Å². The van der Waals surface area contributed by atoms with Gasteiger partial charge in [-0.25, -0.2) is 9.13 Å². The Morgan fingerprint density at radius 2 is 1.14 bits per heavy atom. The molecule has 1 aliphatic rings. The van der Waals surface area contributed by atoms with Crippen LogP contribution in [0.2, 0.25) is 0 Å². The second-order valence-corrected chi connectivity index (χ2v) is 13.1. The van der Waals surface area contributed by atoms with Gasteiger partial charge in [-0.3, -0.25) is 23.2 Å². The summed E-state index contributed by atoms with van der Waals surface area (Å²) in [5, 5.41) is 40.6. The van der Waals surface area contributed by atoms with Crippen LogP contribution >= 0.6 is 15.6 Å². The zero-order valence-corrected chi connectivity index (χ0v) is 26.4. The Balaban J connectivity index is 2.84. The molecule has 0 heterocycles. The molecular formula is C25H48O16P2. The molecule has 16 nitrogen and oxygen atoms in total. The summed E-state index contributed by atoms with van der Waals surface area (Å²) in [6, 6.07) is 0. The monoisotopic (exact) mass is 666 g/mol. The Morgan fingerprint density at radius 3 is 1.65 bits per heavy atom. The summed E-state index contributed by atoms with van der Waals surface area (Å²) in [6.07, 6.45) is -5.81. The van der Waals surface area contributed by atoms with Gasteiger partial charge in [-0.05, 0) is 12.8 Å². The van der Waals surface area contributed by atoms with E-state index in [9.17, 15) is 44.0 Å². The first-order valence-corrected chi connectivity index (χ1v) is 17.6. The van der Waals surface area contributed by atoms with Crippen molar-refractivity contribution in [1.82, 2.24) is 0 Å². The number of hydrogen-bond donors (Lipinski definition) is 7. The van der Waals surface area contributed by atoms with Crippen LogP contribution in [0, 0.1) is 0 Å². The number of unbranched alkanes of at least 4 members (excludes halogenated alkanes) is 8. The number of rotatable bonds is 22. The van der Waals surface area contributed by atoms with Crippen LogP contribution in [0.15, 0.2) is 0 Å². The minimum Gasteiger partial charge on any atom is -0.462 e. The van der Waals surface area contributed by atoms with E-state index in [1.165, 1.54) is 0 Å². The van der Waals surface area contributed by atoms with Gasteiger partial charge in [0.05, 0.1) is 6.61 Å². The van der Waals surface area contributed by atoms with Crippen LogP contribution in [0.5, 0.6) is 0 Å². The lowest BCUT2D eigenvalue weighted by Crippen LogP contribution is -2.64. The summed E-state index contributed by atoms with van der Waals surface area (Å²) >= 11 is 0. The van der Waals surface area contributed by atoms with Crippen LogP contribution in [-0.2, 0) is 41.8 Å². The van der Waals surface area contributed by atoms with Gasteiger partial charge >= 0.3 is 27.6 Å². The van der Waals surface area contributed by atoms with E-state index >= 15 is 0 Å². The van der Waals surface area contributed by atoms with Gasteiger partial charge in [0.1, 0.15) is 43.2 Å². The highest BCUT2D eigenvalue weighted by Crippen LogP contribution is 2.48. The van der Waals surface area contributed by atoms with Crippen molar-refractivity contribution < 1.29 is 76.9 Å². The third-order valence-electron chi connectivity index (χ3n) is 6.68. The van der Waals surface area contributed by atoms with E-state index in [1.807, 2.05) is 6.92 Å². The molecule has 0 radical (unpaired) electrons. The van der Waals surface area contributed by atoms with Crippen molar-refractivity contribution in [3.8, 4) is 0 Å². The second kappa shape index (κ2) is 20.2. The van der Waals surface area contributed by atoms with Gasteiger partial charge in [-0.15, -0.1) is 0 Å². The standard InChI is InChI=1S/C25H48O16P2/c1-3-5-7-9-11-13-18(26)37-15-17(39-19(27)14-12-10-8-6-4-2)16-38-43(35,36)41-25-22(30)20(28)21(29)24(23(25)31)40-42(32,33)34/h17,20-25,28-31H,3-16H2,1-2H3,(H,35,36)(H2,32,33,34)/t17?,20-,21+,22-,23+,24-,25+/m1/s1. The Hall–Kier alpha value is -1.00. The Bertz CT molecular complexity index is 914. The van der Waals surface area contributed by atoms with Gasteiger partial charge in [-0.1, -0.05) is 65.2 Å². The zero-order valence-electron chi connectivity index (χ0n) is 24.6. The zero-order chi connectivity index (χ0) is 32.6. The van der Waals surface area contributed by atoms with Crippen LogP contribution in [0.1, 0.15) is 90.9 Å². The molecule has 8 atom stereocenters. The number of aliphatic hydroxyl groups excluding tert-OH is 4. The number of carbonyl (C=O) groups excluding carboxylic acids is 2. The molecule has 1 rings (SSSR count). The molecular weight excluding hydrogens is 618 g/mol. The van der Waals surface area contributed by atoms with Crippen molar-refractivity contribution in [2.24, 2.45) is 0 Å². The van der Waals surface area contributed by atoms with E-state index in [2.05, 4.69) is 11.4 Å². The number of phosphoric acid groups is 2. The predicted octanol–water partition coefficient (Wildman–Crippen LogP) is 1.60. The minimum absolute atomic E-state index is 0.0422. The van der Waals surface area contributed by atoms with Gasteiger partial charge in [0.15, 0.2) is 6.10 Å². The first-order valence-electron chi connectivity index (χ1n) is 14.6. The molecule has 1 aliphatic carbocycles. The van der Waals surface area contributed by atoms with Crippen LogP contribution in [0.25, 0.3) is 0 Å². The fraction of sp³-hybridized carbons (Fsp3) is 0.920. The van der Waals surface area contributed by atoms with Gasteiger partial charge in [0.25, 0.3) is 0 Å². The summed E-state index contributed by atoms with van der Waals surface area (Å²) in [5.41, 5.74) is 0. The largest absolute Gasteiger partial charge is 0.472 e. The molecule has 0 saturated heterocycles. The average Bonchev–Trinajstić information content (AvgIpc) is 2.93. The maximum absolute atomic E-state index is 12.7. The van der Waals surface area contributed by atoms with Crippen LogP contribution in [-0.4, -0.2) is 103 Å². The van der Waals surface area contributed by atoms with E-state index in [0.29, 0.717) is 12.8 Å². The lowest BCUT2D eigenvalue weighted by molar-refractivity contribution is -0.216. The van der Waals surface area contributed by atoms with E-state index in [1.54, 1.807) is 0 Å². The smallest absolute Gasteiger partial charge is 0.462 e. The molecule has 7 N–H and O–H groups in total. The van der Waals surface area contributed by atoms with Crippen LogP contribution in [0.3, 0.4) is 0 Å². The van der Waals surface area contributed by atoms with Crippen molar-refractivity contribution in [3.63, 3.8) is 0 Å². The molecule has 0 aromatic heterocycles. The number of phosphoric ester groups is 2. The quantitative estimate of drug-likeness (QED) is 0.0492. The summed E-state index contributed by atoms with van der Waals surface area (Å²) in [6.45, 7) is 2.77. The van der Waals surface area contributed by atoms with Crippen molar-refractivity contribution in [2.45, 2.75) is 134 Å². The Kier molecular flexibility index (Phi) is 18.8. The van der Waals surface area contributed by atoms with E-state index in [-0.39, 0.29) is 12.8 Å². The third-order valence-corrected chi connectivity index (χ3v) is 8.18. The van der Waals surface area contributed by atoms with Crippen LogP contribution in [0.4, 0.5) is 0 Å². The summed E-state index contributed by atoms with van der Waals surface area (Å²) in [7, 11) is -10.6. The molecule has 0 aliphatic heterocycles. The molecule has 0 aromatic rings. The number of aliphatic hydroxyl groups is 4. The van der Waals surface area contributed by atoms with Crippen molar-refractivity contribution in [1.29, 1.82) is 0 Å². The lowest BCUT2D eigenvalue weighted by atomic mass is 9.85. The number of ether oxygens (including phenoxy) is 2. The number of esters is 2. The lowest BCUT2D eigenvalue weighted by Gasteiger charge is -2.43. The Labute approximate surface area is 251 Å². The highest BCUT2D eigenvalue weighted by molar-refractivity contribution is 7.47. The highest BCUT2D eigenvalue weighted by atomic mass is 31.2. The molecule has 1 fully saturated rings. The third kappa shape index (κ3) is 16.2. The Morgan fingerprint density at radius 1 is 0.651 bits per heavy atom. The van der Waals surface area contributed by atoms with Crippen molar-refractivity contribution in [3.05, 3.63) is 0 Å². The van der Waals surface area contributed by atoms with Crippen molar-refractivity contribution in [2.75, 3.05) is 13.2 Å². The fourth-order valence-corrected chi connectivity index (χ4v) is 5.86. The normalized spacial score (nSPS) is 26.4. The molecule has 254 valence electrons. The van der Waals surface area contributed by atoms with E-state index in [0.717, 1.165) is 51.4 Å². The molecule has 0 spiro atoms. The van der Waals surface area contributed by atoms with Gasteiger partial charge < -0.3 is 44.6 Å². The molecule has 0 bridgehead atoms. The SMILES string of the molecule is CCCCCCCC(=O)OCC(COP(=O)(O)O[C@@H]1[C@@H](O)[C@H](OP(=O)(O)O)[C@@H](O)[C@@H](O)[C@H]1O)OC(=O)CCCCCCC. The topological polar surface area (TPSA) is 256 Å². The average molecular weight is 667 g/mol. The minimum atomic E-state index is -5.34. The summed E-state index contributed by atoms with van der Waals surface area (Å²) in [4.78, 5) is 52.8. The van der Waals surface area contributed by atoms with Crippen LogP contribution < -0.4 is 0 Å². The molecule has 18 heteroatoms. The second-order valence-electron chi connectivity index (χ2n) is 10.5. The summed E-state index contributed by atoms with van der Waals surface area (Å²) < 4.78 is 48.3. The maximum Gasteiger partial charge on any atom is 0.472 e. The molecule has 0 aromatic carbocycles. The number of hydrogen-bond acceptors (Lipinski definition) is 13. The summed E-state index contributed by atoms with van der Waals surface area (Å²) in [5.74, 6) is -1.24. The molecule has 2 unspecified atom stereocenters. The van der Waals surface area contributed by atoms with E-state index < -0.39 is 83.5 Å². The fourth-order valence-electron chi connectivity index (χ4n) is 4.32. The first-order chi connectivity index (χ1) is 20.1. The maximum atomic E-state index is 12.7. The van der Waals surface area contributed by atoms with Crippen molar-refractivity contribution >= 4 is 27.6 Å². The molecule has 0 amide bonds. The molecule has 1 saturated carbocycles. The van der Waals surface area contributed by atoms with Gasteiger partial charge in [0, 0.05) is 12.8 Å².